The first kappa shape index (κ1) is 25.3. The van der Waals surface area contributed by atoms with Gasteiger partial charge >= 0.3 is 0 Å². The Bertz CT molecular complexity index is 837. The van der Waals surface area contributed by atoms with E-state index in [0.717, 1.165) is 60.8 Å². The van der Waals surface area contributed by atoms with E-state index >= 15 is 0 Å². The minimum absolute atomic E-state index is 0. The molecule has 8 nitrogen and oxygen atoms in total. The van der Waals surface area contributed by atoms with E-state index in [-0.39, 0.29) is 30.0 Å². The highest BCUT2D eigenvalue weighted by molar-refractivity contribution is 14.0. The van der Waals surface area contributed by atoms with Gasteiger partial charge in [-0.15, -0.1) is 24.0 Å². The number of nitrogens with one attached hydrogen (secondary N) is 2. The van der Waals surface area contributed by atoms with Crippen molar-refractivity contribution in [2.24, 2.45) is 4.99 Å². The van der Waals surface area contributed by atoms with Crippen LogP contribution in [-0.2, 0) is 11.3 Å². The second-order valence-electron chi connectivity index (χ2n) is 7.10. The fourth-order valence-corrected chi connectivity index (χ4v) is 3.52. The minimum atomic E-state index is 0. The van der Waals surface area contributed by atoms with Gasteiger partial charge < -0.3 is 29.3 Å². The zero-order valence-corrected chi connectivity index (χ0v) is 21.0. The van der Waals surface area contributed by atoms with Crippen molar-refractivity contribution in [3.05, 3.63) is 47.4 Å². The van der Waals surface area contributed by atoms with Gasteiger partial charge in [0.1, 0.15) is 23.0 Å². The molecule has 1 saturated heterocycles. The van der Waals surface area contributed by atoms with Gasteiger partial charge in [0.05, 0.1) is 33.5 Å². The van der Waals surface area contributed by atoms with E-state index in [1.807, 2.05) is 31.2 Å². The summed E-state index contributed by atoms with van der Waals surface area (Å²) in [6.45, 7) is 6.44. The summed E-state index contributed by atoms with van der Waals surface area (Å²) in [5.41, 5.74) is 1.02. The van der Waals surface area contributed by atoms with Crippen LogP contribution in [0, 0.1) is 6.92 Å². The van der Waals surface area contributed by atoms with E-state index in [0.29, 0.717) is 13.1 Å². The minimum Gasteiger partial charge on any atom is -0.497 e. The molecule has 2 heterocycles. The van der Waals surface area contributed by atoms with Crippen LogP contribution in [0.15, 0.2) is 39.7 Å². The number of aliphatic imine (C=N–C) groups is 1. The number of rotatable bonds is 8. The average molecular weight is 544 g/mol. The van der Waals surface area contributed by atoms with Gasteiger partial charge in [-0.3, -0.25) is 9.89 Å². The molecular formula is C22H33IN4O4. The molecule has 31 heavy (non-hydrogen) atoms. The Morgan fingerprint density at radius 2 is 1.90 bits per heavy atom. The van der Waals surface area contributed by atoms with Crippen molar-refractivity contribution in [3.8, 4) is 11.5 Å². The normalized spacial score (nSPS) is 15.7. The van der Waals surface area contributed by atoms with Gasteiger partial charge in [-0.25, -0.2) is 0 Å². The van der Waals surface area contributed by atoms with Crippen molar-refractivity contribution >= 4 is 29.9 Å². The summed E-state index contributed by atoms with van der Waals surface area (Å²) in [6, 6.07) is 9.95. The summed E-state index contributed by atoms with van der Waals surface area (Å²) < 4.78 is 22.2. The Hall–Kier alpha value is -1.98. The predicted octanol–water partition coefficient (Wildman–Crippen LogP) is 2.96. The number of ether oxygens (including phenoxy) is 3. The number of methoxy groups -OCH3 is 2. The highest BCUT2D eigenvalue weighted by atomic mass is 127. The molecule has 0 aliphatic carbocycles. The first-order valence-electron chi connectivity index (χ1n) is 10.2. The highest BCUT2D eigenvalue weighted by Gasteiger charge is 2.25. The molecule has 1 unspecified atom stereocenters. The highest BCUT2D eigenvalue weighted by Crippen LogP contribution is 2.25. The first-order chi connectivity index (χ1) is 14.6. The second kappa shape index (κ2) is 12.8. The molecule has 0 radical (unpaired) electrons. The summed E-state index contributed by atoms with van der Waals surface area (Å²) in [6.07, 6.45) is 0. The van der Waals surface area contributed by atoms with Crippen LogP contribution in [0.4, 0.5) is 0 Å². The number of aryl methyl sites for hydroxylation is 1. The summed E-state index contributed by atoms with van der Waals surface area (Å²) in [5.74, 6) is 4.12. The Balaban J connectivity index is 0.00000341. The molecule has 0 amide bonds. The maximum absolute atomic E-state index is 5.94. The second-order valence-corrected chi connectivity index (χ2v) is 7.10. The molecule has 1 atom stereocenters. The van der Waals surface area contributed by atoms with Crippen molar-refractivity contribution < 1.29 is 18.6 Å². The van der Waals surface area contributed by atoms with Crippen LogP contribution in [0.3, 0.4) is 0 Å². The van der Waals surface area contributed by atoms with Crippen LogP contribution in [0.1, 0.15) is 23.1 Å². The van der Waals surface area contributed by atoms with Crippen molar-refractivity contribution in [2.75, 3.05) is 54.1 Å². The number of morpholine rings is 1. The summed E-state index contributed by atoms with van der Waals surface area (Å²) in [5, 5.41) is 6.79. The zero-order chi connectivity index (χ0) is 21.3. The van der Waals surface area contributed by atoms with Gasteiger partial charge in [0.25, 0.3) is 0 Å². The van der Waals surface area contributed by atoms with Gasteiger partial charge in [0.15, 0.2) is 5.96 Å². The molecule has 3 rings (SSSR count). The van der Waals surface area contributed by atoms with Crippen LogP contribution in [0.2, 0.25) is 0 Å². The number of nitrogens with zero attached hydrogens (tertiary/aromatic N) is 2. The van der Waals surface area contributed by atoms with E-state index in [2.05, 4.69) is 26.6 Å². The fourth-order valence-electron chi connectivity index (χ4n) is 3.52. The molecule has 0 saturated carbocycles. The van der Waals surface area contributed by atoms with Gasteiger partial charge in [0, 0.05) is 44.9 Å². The molecule has 1 aromatic carbocycles. The Morgan fingerprint density at radius 1 is 1.13 bits per heavy atom. The smallest absolute Gasteiger partial charge is 0.191 e. The number of halogens is 1. The van der Waals surface area contributed by atoms with Gasteiger partial charge in [0.2, 0.25) is 0 Å². The number of benzene rings is 1. The van der Waals surface area contributed by atoms with Crippen molar-refractivity contribution in [1.82, 2.24) is 15.5 Å². The van der Waals surface area contributed by atoms with Gasteiger partial charge in [-0.05, 0) is 31.2 Å². The standard InChI is InChI=1S/C22H32N4O4.HI/c1-16-5-8-20(30-16)19(26-9-11-29-12-10-26)15-25-22(23-2)24-14-17-6-7-18(27-3)13-21(17)28-4;/h5-8,13,19H,9-12,14-15H2,1-4H3,(H2,23,24,25);1H. The largest absolute Gasteiger partial charge is 0.497 e. The van der Waals surface area contributed by atoms with Crippen molar-refractivity contribution in [3.63, 3.8) is 0 Å². The molecule has 1 aliphatic rings. The van der Waals surface area contributed by atoms with Gasteiger partial charge in [-0.1, -0.05) is 0 Å². The Kier molecular flexibility index (Phi) is 10.4. The molecule has 1 aliphatic heterocycles. The average Bonchev–Trinajstić information content (AvgIpc) is 3.22. The SMILES string of the molecule is CN=C(NCc1ccc(OC)cc1OC)NCC(c1ccc(C)o1)N1CCOCC1.I. The zero-order valence-electron chi connectivity index (χ0n) is 18.6. The van der Waals surface area contributed by atoms with Gasteiger partial charge in [-0.2, -0.15) is 0 Å². The van der Waals surface area contributed by atoms with Crippen molar-refractivity contribution in [1.29, 1.82) is 0 Å². The predicted molar refractivity (Wildman–Crippen MR) is 132 cm³/mol. The lowest BCUT2D eigenvalue weighted by Gasteiger charge is -2.33. The lowest BCUT2D eigenvalue weighted by Crippen LogP contribution is -2.46. The number of hydrogen-bond donors (Lipinski definition) is 2. The van der Waals surface area contributed by atoms with Crippen molar-refractivity contribution in [2.45, 2.75) is 19.5 Å². The third-order valence-corrected chi connectivity index (χ3v) is 5.20. The molecule has 2 aromatic rings. The fraction of sp³-hybridized carbons (Fsp3) is 0.500. The summed E-state index contributed by atoms with van der Waals surface area (Å²) in [4.78, 5) is 6.75. The van der Waals surface area contributed by atoms with E-state index in [9.17, 15) is 0 Å². The maximum atomic E-state index is 5.94. The molecule has 172 valence electrons. The van der Waals surface area contributed by atoms with Crippen LogP contribution >= 0.6 is 24.0 Å². The van der Waals surface area contributed by atoms with E-state index in [1.54, 1.807) is 21.3 Å². The third-order valence-electron chi connectivity index (χ3n) is 5.20. The first-order valence-corrected chi connectivity index (χ1v) is 10.2. The lowest BCUT2D eigenvalue weighted by molar-refractivity contribution is 0.0124. The van der Waals surface area contributed by atoms with E-state index < -0.39 is 0 Å². The van der Waals surface area contributed by atoms with Crippen LogP contribution in [0.25, 0.3) is 0 Å². The Labute approximate surface area is 201 Å². The number of hydrogen-bond acceptors (Lipinski definition) is 6. The van der Waals surface area contributed by atoms with E-state index in [4.69, 9.17) is 18.6 Å². The molecule has 9 heteroatoms. The maximum Gasteiger partial charge on any atom is 0.191 e. The quantitative estimate of drug-likeness (QED) is 0.301. The molecule has 2 N–H and O–H groups in total. The molecule has 0 bridgehead atoms. The lowest BCUT2D eigenvalue weighted by atomic mass is 10.1. The molecule has 1 fully saturated rings. The molecular weight excluding hydrogens is 511 g/mol. The number of furan rings is 1. The van der Waals surface area contributed by atoms with E-state index in [1.165, 1.54) is 0 Å². The van der Waals surface area contributed by atoms with Crippen LogP contribution < -0.4 is 20.1 Å². The summed E-state index contributed by atoms with van der Waals surface area (Å²) in [7, 11) is 5.06. The Morgan fingerprint density at radius 3 is 2.52 bits per heavy atom. The third kappa shape index (κ3) is 7.01. The van der Waals surface area contributed by atoms with Crippen LogP contribution in [-0.4, -0.2) is 65.0 Å². The van der Waals surface area contributed by atoms with Crippen LogP contribution in [0.5, 0.6) is 11.5 Å². The summed E-state index contributed by atoms with van der Waals surface area (Å²) >= 11 is 0. The number of guanidine groups is 1. The molecule has 1 aromatic heterocycles. The topological polar surface area (TPSA) is 80.5 Å². The monoisotopic (exact) mass is 544 g/mol. The molecule has 0 spiro atoms.